The molecule has 0 saturated carbocycles. The fraction of sp³-hybridized carbons (Fsp3) is 0.423. The first-order valence-electron chi connectivity index (χ1n) is 11.3. The van der Waals surface area contributed by atoms with Gasteiger partial charge in [-0.15, -0.1) is 0 Å². The fourth-order valence-electron chi connectivity index (χ4n) is 3.89. The zero-order chi connectivity index (χ0) is 23.8. The number of para-hydroxylation sites is 1. The van der Waals surface area contributed by atoms with Crippen LogP contribution in [0.25, 0.3) is 0 Å². The smallest absolute Gasteiger partial charge is 0.329 e. The molecule has 1 fully saturated rings. The van der Waals surface area contributed by atoms with Crippen molar-refractivity contribution in [1.82, 2.24) is 5.32 Å². The van der Waals surface area contributed by atoms with Crippen LogP contribution in [0.5, 0.6) is 11.5 Å². The number of rotatable bonds is 12. The standard InChI is InChI=1S/C26H31NO6/c1-4-21-24(33-25(21)29)15-23(32-26(30)22(27-16-28)14-17(2)3)18-10-12-20(13-11-18)31-19-8-6-5-7-9-19/h5-13,16-17,21-24H,4,14-15H2,1-3H3,(H,27,28)/t21-,22-,23-,24-/m0/s1. The van der Waals surface area contributed by atoms with Gasteiger partial charge in [0.2, 0.25) is 6.41 Å². The Morgan fingerprint density at radius 3 is 2.33 bits per heavy atom. The SMILES string of the molecule is CC[C@@H]1C(=O)O[C@H]1C[C@H](OC(=O)[C@H](CC(C)C)NC=O)c1ccc(Oc2ccccc2)cc1. The molecule has 1 aliphatic heterocycles. The largest absolute Gasteiger partial charge is 0.461 e. The Hall–Kier alpha value is -3.35. The minimum Gasteiger partial charge on any atom is -0.461 e. The molecule has 1 amide bonds. The van der Waals surface area contributed by atoms with Gasteiger partial charge in [0, 0.05) is 6.42 Å². The van der Waals surface area contributed by atoms with Gasteiger partial charge in [0.1, 0.15) is 29.7 Å². The van der Waals surface area contributed by atoms with Gasteiger partial charge < -0.3 is 19.5 Å². The summed E-state index contributed by atoms with van der Waals surface area (Å²) in [5.74, 6) is 0.628. The first kappa shape index (κ1) is 24.3. The van der Waals surface area contributed by atoms with Crippen molar-refractivity contribution in [3.63, 3.8) is 0 Å². The van der Waals surface area contributed by atoms with Crippen LogP contribution in [0.15, 0.2) is 54.6 Å². The van der Waals surface area contributed by atoms with Crippen LogP contribution in [0.1, 0.15) is 51.7 Å². The lowest BCUT2D eigenvalue weighted by atomic mass is 9.88. The van der Waals surface area contributed by atoms with Crippen LogP contribution in [0, 0.1) is 11.8 Å². The third-order valence-corrected chi connectivity index (χ3v) is 5.66. The quantitative estimate of drug-likeness (QED) is 0.374. The molecule has 3 rings (SSSR count). The maximum Gasteiger partial charge on any atom is 0.329 e. The maximum atomic E-state index is 12.9. The molecule has 1 heterocycles. The lowest BCUT2D eigenvalue weighted by Crippen LogP contribution is -2.46. The Balaban J connectivity index is 1.76. The Labute approximate surface area is 194 Å². The van der Waals surface area contributed by atoms with Gasteiger partial charge in [-0.2, -0.15) is 0 Å². The predicted octanol–water partition coefficient (Wildman–Crippen LogP) is 4.57. The molecule has 0 bridgehead atoms. The van der Waals surface area contributed by atoms with Crippen molar-refractivity contribution in [2.45, 2.75) is 58.3 Å². The van der Waals surface area contributed by atoms with Gasteiger partial charge in [0.05, 0.1) is 5.92 Å². The molecule has 33 heavy (non-hydrogen) atoms. The number of hydrogen-bond acceptors (Lipinski definition) is 6. The van der Waals surface area contributed by atoms with E-state index in [1.165, 1.54) is 0 Å². The van der Waals surface area contributed by atoms with Crippen LogP contribution in [-0.4, -0.2) is 30.5 Å². The number of cyclic esters (lactones) is 1. The van der Waals surface area contributed by atoms with E-state index in [2.05, 4.69) is 5.32 Å². The van der Waals surface area contributed by atoms with E-state index in [1.807, 2.05) is 75.4 Å². The fourth-order valence-corrected chi connectivity index (χ4v) is 3.89. The lowest BCUT2D eigenvalue weighted by molar-refractivity contribution is -0.190. The summed E-state index contributed by atoms with van der Waals surface area (Å²) in [6.07, 6.45) is 1.05. The van der Waals surface area contributed by atoms with Crippen LogP contribution in [0.2, 0.25) is 0 Å². The van der Waals surface area contributed by atoms with Gasteiger partial charge in [-0.1, -0.05) is 51.1 Å². The van der Waals surface area contributed by atoms with Crippen molar-refractivity contribution >= 4 is 18.3 Å². The minimum atomic E-state index is -0.739. The highest BCUT2D eigenvalue weighted by molar-refractivity contribution is 5.79. The Bertz CT molecular complexity index is 928. The molecular formula is C26H31NO6. The zero-order valence-electron chi connectivity index (χ0n) is 19.2. The number of ether oxygens (including phenoxy) is 3. The minimum absolute atomic E-state index is 0.194. The number of nitrogens with one attached hydrogen (secondary N) is 1. The molecule has 1 aliphatic rings. The van der Waals surface area contributed by atoms with E-state index in [-0.39, 0.29) is 23.9 Å². The van der Waals surface area contributed by atoms with Gasteiger partial charge in [-0.25, -0.2) is 4.79 Å². The molecule has 176 valence electrons. The van der Waals surface area contributed by atoms with Crippen LogP contribution in [0.3, 0.4) is 0 Å². The van der Waals surface area contributed by atoms with Crippen molar-refractivity contribution in [3.05, 3.63) is 60.2 Å². The second kappa shape index (κ2) is 11.5. The molecular weight excluding hydrogens is 422 g/mol. The third-order valence-electron chi connectivity index (χ3n) is 5.66. The Morgan fingerprint density at radius 2 is 1.76 bits per heavy atom. The van der Waals surface area contributed by atoms with Gasteiger partial charge >= 0.3 is 11.9 Å². The maximum absolute atomic E-state index is 12.9. The topological polar surface area (TPSA) is 90.9 Å². The van der Waals surface area contributed by atoms with Gasteiger partial charge in [-0.05, 0) is 48.6 Å². The average Bonchev–Trinajstić information content (AvgIpc) is 2.79. The number of carbonyl (C=O) groups is 3. The Kier molecular flexibility index (Phi) is 8.46. The van der Waals surface area contributed by atoms with Crippen molar-refractivity contribution in [1.29, 1.82) is 0 Å². The summed E-state index contributed by atoms with van der Waals surface area (Å²) in [4.78, 5) is 35.6. The third kappa shape index (κ3) is 6.57. The molecule has 2 aromatic carbocycles. The van der Waals surface area contributed by atoms with Crippen LogP contribution < -0.4 is 10.1 Å². The normalized spacial score (nSPS) is 19.1. The summed E-state index contributed by atoms with van der Waals surface area (Å²) >= 11 is 0. The van der Waals surface area contributed by atoms with Crippen LogP contribution >= 0.6 is 0 Å². The van der Waals surface area contributed by atoms with Crippen molar-refractivity contribution in [2.75, 3.05) is 0 Å². The predicted molar refractivity (Wildman–Crippen MR) is 123 cm³/mol. The highest BCUT2D eigenvalue weighted by Gasteiger charge is 2.43. The van der Waals surface area contributed by atoms with Crippen molar-refractivity contribution in [3.8, 4) is 11.5 Å². The molecule has 1 saturated heterocycles. The van der Waals surface area contributed by atoms with Gasteiger partial charge in [0.15, 0.2) is 0 Å². The number of hydrogen-bond donors (Lipinski definition) is 1. The first-order valence-corrected chi connectivity index (χ1v) is 11.3. The second-order valence-corrected chi connectivity index (χ2v) is 8.60. The van der Waals surface area contributed by atoms with Crippen LogP contribution in [0.4, 0.5) is 0 Å². The highest BCUT2D eigenvalue weighted by atomic mass is 16.6. The van der Waals surface area contributed by atoms with E-state index in [0.717, 1.165) is 11.3 Å². The number of carbonyl (C=O) groups excluding carboxylic acids is 3. The van der Waals surface area contributed by atoms with E-state index in [4.69, 9.17) is 14.2 Å². The second-order valence-electron chi connectivity index (χ2n) is 8.60. The lowest BCUT2D eigenvalue weighted by Gasteiger charge is -2.36. The summed E-state index contributed by atoms with van der Waals surface area (Å²) in [5.41, 5.74) is 0.760. The summed E-state index contributed by atoms with van der Waals surface area (Å²) in [7, 11) is 0. The molecule has 1 N–H and O–H groups in total. The number of amides is 1. The summed E-state index contributed by atoms with van der Waals surface area (Å²) in [5, 5.41) is 2.55. The van der Waals surface area contributed by atoms with Gasteiger partial charge in [0.25, 0.3) is 0 Å². The van der Waals surface area contributed by atoms with E-state index in [9.17, 15) is 14.4 Å². The highest BCUT2D eigenvalue weighted by Crippen LogP contribution is 2.35. The Morgan fingerprint density at radius 1 is 1.09 bits per heavy atom. The monoisotopic (exact) mass is 453 g/mol. The molecule has 2 aromatic rings. The molecule has 0 unspecified atom stereocenters. The van der Waals surface area contributed by atoms with Gasteiger partial charge in [-0.3, -0.25) is 9.59 Å². The summed E-state index contributed by atoms with van der Waals surface area (Å²) in [6, 6.07) is 16.0. The molecule has 4 atom stereocenters. The van der Waals surface area contributed by atoms with E-state index in [0.29, 0.717) is 31.4 Å². The summed E-state index contributed by atoms with van der Waals surface area (Å²) in [6.45, 7) is 5.87. The average molecular weight is 454 g/mol. The number of benzene rings is 2. The van der Waals surface area contributed by atoms with E-state index >= 15 is 0 Å². The van der Waals surface area contributed by atoms with Crippen molar-refractivity contribution < 1.29 is 28.6 Å². The molecule has 0 radical (unpaired) electrons. The molecule has 0 aromatic heterocycles. The molecule has 0 spiro atoms. The zero-order valence-corrected chi connectivity index (χ0v) is 19.2. The number of esters is 2. The molecule has 7 heteroatoms. The van der Waals surface area contributed by atoms with Crippen LogP contribution in [-0.2, 0) is 23.9 Å². The van der Waals surface area contributed by atoms with Crippen molar-refractivity contribution in [2.24, 2.45) is 11.8 Å². The first-order chi connectivity index (χ1) is 15.9. The van der Waals surface area contributed by atoms with E-state index in [1.54, 1.807) is 0 Å². The summed E-state index contributed by atoms with van der Waals surface area (Å²) < 4.78 is 17.0. The van der Waals surface area contributed by atoms with E-state index < -0.39 is 18.1 Å². The molecule has 0 aliphatic carbocycles. The molecule has 7 nitrogen and oxygen atoms in total.